The van der Waals surface area contributed by atoms with E-state index in [2.05, 4.69) is 41.7 Å². The molecule has 0 radical (unpaired) electrons. The molecule has 0 bridgehead atoms. The Kier molecular flexibility index (Phi) is 6.25. The fraction of sp³-hybridized carbons (Fsp3) is 0.333. The molecule has 2 aromatic carbocycles. The summed E-state index contributed by atoms with van der Waals surface area (Å²) in [4.78, 5) is 0. The van der Waals surface area contributed by atoms with E-state index in [-0.39, 0.29) is 0 Å². The summed E-state index contributed by atoms with van der Waals surface area (Å²) in [5.74, 6) is 0.904. The summed E-state index contributed by atoms with van der Waals surface area (Å²) in [6.45, 7) is 2.51. The average Bonchev–Trinajstić information content (AvgIpc) is 2.53. The van der Waals surface area contributed by atoms with Gasteiger partial charge >= 0.3 is 0 Å². The van der Waals surface area contributed by atoms with Crippen molar-refractivity contribution in [2.45, 2.75) is 19.6 Å². The predicted molar refractivity (Wildman–Crippen MR) is 85.6 cm³/mol. The summed E-state index contributed by atoms with van der Waals surface area (Å²) in [6, 6.07) is 16.7. The Labute approximate surface area is 126 Å². The first-order chi connectivity index (χ1) is 10.3. The minimum Gasteiger partial charge on any atom is -0.497 e. The molecule has 0 amide bonds. The first-order valence-electron chi connectivity index (χ1n) is 7.22. The SMILES string of the molecule is COCc1cccc(CNCCc2ccc(OC)cc2)c1. The second-order valence-electron chi connectivity index (χ2n) is 5.03. The summed E-state index contributed by atoms with van der Waals surface area (Å²) in [7, 11) is 3.41. The fourth-order valence-corrected chi connectivity index (χ4v) is 2.25. The average molecular weight is 285 g/mol. The van der Waals surface area contributed by atoms with Gasteiger partial charge in [-0.2, -0.15) is 0 Å². The molecule has 0 saturated carbocycles. The third-order valence-corrected chi connectivity index (χ3v) is 3.38. The molecule has 0 aromatic heterocycles. The molecule has 0 aliphatic heterocycles. The fourth-order valence-electron chi connectivity index (χ4n) is 2.25. The molecule has 3 nitrogen and oxygen atoms in total. The van der Waals surface area contributed by atoms with E-state index >= 15 is 0 Å². The Morgan fingerprint density at radius 1 is 0.905 bits per heavy atom. The van der Waals surface area contributed by atoms with Gasteiger partial charge in [-0.05, 0) is 41.8 Å². The number of rotatable bonds is 8. The number of methoxy groups -OCH3 is 2. The lowest BCUT2D eigenvalue weighted by atomic mass is 10.1. The highest BCUT2D eigenvalue weighted by Gasteiger charge is 1.97. The molecule has 0 fully saturated rings. The van der Waals surface area contributed by atoms with Gasteiger partial charge in [0.2, 0.25) is 0 Å². The van der Waals surface area contributed by atoms with Crippen molar-refractivity contribution in [3.05, 3.63) is 65.2 Å². The molecule has 112 valence electrons. The highest BCUT2D eigenvalue weighted by atomic mass is 16.5. The summed E-state index contributed by atoms with van der Waals surface area (Å²) in [6.07, 6.45) is 1.02. The highest BCUT2D eigenvalue weighted by Crippen LogP contribution is 2.11. The van der Waals surface area contributed by atoms with Crippen LogP contribution >= 0.6 is 0 Å². The second kappa shape index (κ2) is 8.45. The molecule has 0 saturated heterocycles. The highest BCUT2D eigenvalue weighted by molar-refractivity contribution is 5.27. The largest absolute Gasteiger partial charge is 0.497 e. The van der Waals surface area contributed by atoms with Crippen LogP contribution in [0.5, 0.6) is 5.75 Å². The lowest BCUT2D eigenvalue weighted by Gasteiger charge is -2.07. The maximum atomic E-state index is 5.16. The van der Waals surface area contributed by atoms with E-state index in [4.69, 9.17) is 9.47 Å². The first kappa shape index (κ1) is 15.5. The van der Waals surface area contributed by atoms with Crippen molar-refractivity contribution in [1.29, 1.82) is 0 Å². The van der Waals surface area contributed by atoms with Gasteiger partial charge in [0.1, 0.15) is 5.75 Å². The first-order valence-corrected chi connectivity index (χ1v) is 7.22. The van der Waals surface area contributed by atoms with Crippen molar-refractivity contribution >= 4 is 0 Å². The van der Waals surface area contributed by atoms with Crippen molar-refractivity contribution < 1.29 is 9.47 Å². The van der Waals surface area contributed by atoms with Gasteiger partial charge in [0.25, 0.3) is 0 Å². The molecule has 3 heteroatoms. The van der Waals surface area contributed by atoms with Crippen molar-refractivity contribution in [3.63, 3.8) is 0 Å². The lowest BCUT2D eigenvalue weighted by Crippen LogP contribution is -2.16. The van der Waals surface area contributed by atoms with Gasteiger partial charge in [0.05, 0.1) is 13.7 Å². The van der Waals surface area contributed by atoms with E-state index in [9.17, 15) is 0 Å². The van der Waals surface area contributed by atoms with Crippen LogP contribution in [0, 0.1) is 0 Å². The van der Waals surface area contributed by atoms with Gasteiger partial charge in [-0.15, -0.1) is 0 Å². The lowest BCUT2D eigenvalue weighted by molar-refractivity contribution is 0.185. The summed E-state index contributed by atoms with van der Waals surface area (Å²) in [5.41, 5.74) is 3.82. The minimum absolute atomic E-state index is 0.666. The Bertz CT molecular complexity index is 537. The zero-order valence-electron chi connectivity index (χ0n) is 12.8. The second-order valence-corrected chi connectivity index (χ2v) is 5.03. The van der Waals surface area contributed by atoms with Crippen molar-refractivity contribution in [2.24, 2.45) is 0 Å². The predicted octanol–water partition coefficient (Wildman–Crippen LogP) is 3.17. The third kappa shape index (κ3) is 5.21. The number of hydrogen-bond donors (Lipinski definition) is 1. The maximum absolute atomic E-state index is 5.16. The van der Waals surface area contributed by atoms with E-state index in [0.717, 1.165) is 25.3 Å². The van der Waals surface area contributed by atoms with Gasteiger partial charge in [-0.3, -0.25) is 0 Å². The molecule has 0 heterocycles. The molecule has 1 N–H and O–H groups in total. The van der Waals surface area contributed by atoms with Crippen molar-refractivity contribution in [1.82, 2.24) is 5.32 Å². The van der Waals surface area contributed by atoms with Crippen LogP contribution in [-0.2, 0) is 24.3 Å². The molecule has 0 unspecified atom stereocenters. The van der Waals surface area contributed by atoms with E-state index < -0.39 is 0 Å². The van der Waals surface area contributed by atoms with Crippen molar-refractivity contribution in [3.8, 4) is 5.75 Å². The van der Waals surface area contributed by atoms with Gasteiger partial charge in [0.15, 0.2) is 0 Å². The van der Waals surface area contributed by atoms with Gasteiger partial charge in [0, 0.05) is 13.7 Å². The Hall–Kier alpha value is -1.84. The smallest absolute Gasteiger partial charge is 0.118 e. The van der Waals surface area contributed by atoms with Crippen LogP contribution in [-0.4, -0.2) is 20.8 Å². The van der Waals surface area contributed by atoms with Gasteiger partial charge < -0.3 is 14.8 Å². The van der Waals surface area contributed by atoms with Crippen LogP contribution in [0.25, 0.3) is 0 Å². The molecular weight excluding hydrogens is 262 g/mol. The molecule has 2 rings (SSSR count). The van der Waals surface area contributed by atoms with E-state index in [0.29, 0.717) is 6.61 Å². The van der Waals surface area contributed by atoms with E-state index in [1.54, 1.807) is 14.2 Å². The number of hydrogen-bond acceptors (Lipinski definition) is 3. The van der Waals surface area contributed by atoms with Crippen LogP contribution in [0.3, 0.4) is 0 Å². The maximum Gasteiger partial charge on any atom is 0.118 e. The van der Waals surface area contributed by atoms with Gasteiger partial charge in [-0.1, -0.05) is 36.4 Å². The van der Waals surface area contributed by atoms with E-state index in [1.807, 2.05) is 12.1 Å². The zero-order chi connectivity index (χ0) is 14.9. The van der Waals surface area contributed by atoms with Crippen LogP contribution in [0.1, 0.15) is 16.7 Å². The number of benzene rings is 2. The Balaban J connectivity index is 1.74. The summed E-state index contributed by atoms with van der Waals surface area (Å²) in [5, 5.41) is 3.48. The number of nitrogens with one attached hydrogen (secondary N) is 1. The number of ether oxygens (including phenoxy) is 2. The van der Waals surface area contributed by atoms with Crippen molar-refractivity contribution in [2.75, 3.05) is 20.8 Å². The Morgan fingerprint density at radius 2 is 1.67 bits per heavy atom. The van der Waals surface area contributed by atoms with Crippen LogP contribution < -0.4 is 10.1 Å². The Morgan fingerprint density at radius 3 is 2.38 bits per heavy atom. The molecule has 2 aromatic rings. The zero-order valence-corrected chi connectivity index (χ0v) is 12.8. The minimum atomic E-state index is 0.666. The van der Waals surface area contributed by atoms with E-state index in [1.165, 1.54) is 16.7 Å². The standard InChI is InChI=1S/C18H23NO2/c1-20-14-17-5-3-4-16(12-17)13-19-11-10-15-6-8-18(21-2)9-7-15/h3-9,12,19H,10-11,13-14H2,1-2H3. The summed E-state index contributed by atoms with van der Waals surface area (Å²) < 4.78 is 10.3. The van der Waals surface area contributed by atoms with Gasteiger partial charge in [-0.25, -0.2) is 0 Å². The molecule has 0 aliphatic rings. The van der Waals surface area contributed by atoms with Crippen LogP contribution in [0.4, 0.5) is 0 Å². The topological polar surface area (TPSA) is 30.5 Å². The molecule has 0 spiro atoms. The summed E-state index contributed by atoms with van der Waals surface area (Å²) >= 11 is 0. The molecule has 0 aliphatic carbocycles. The third-order valence-electron chi connectivity index (χ3n) is 3.38. The molecular formula is C18H23NO2. The molecule has 0 atom stereocenters. The van der Waals surface area contributed by atoms with Crippen LogP contribution in [0.15, 0.2) is 48.5 Å². The quantitative estimate of drug-likeness (QED) is 0.756. The van der Waals surface area contributed by atoms with Crippen LogP contribution in [0.2, 0.25) is 0 Å². The molecule has 21 heavy (non-hydrogen) atoms. The monoisotopic (exact) mass is 285 g/mol. The normalized spacial score (nSPS) is 10.6.